The van der Waals surface area contributed by atoms with Crippen molar-refractivity contribution >= 4 is 25.3 Å². The molecule has 0 nitrogen and oxygen atoms in total. The summed E-state index contributed by atoms with van der Waals surface area (Å²) in [6.45, 7) is 11.3. The Kier molecular flexibility index (Phi) is 14.1. The Morgan fingerprint density at radius 2 is 1.38 bits per heavy atom. The van der Waals surface area contributed by atoms with Gasteiger partial charge >= 0.3 is 68.0 Å². The van der Waals surface area contributed by atoms with Crippen molar-refractivity contribution in [1.29, 1.82) is 0 Å². The van der Waals surface area contributed by atoms with E-state index in [4.69, 9.17) is 0 Å². The number of allylic oxidation sites excluding steroid dienone is 4. The molecule has 0 aliphatic heterocycles. The number of hydrogen-bond donors (Lipinski definition) is 0. The van der Waals surface area contributed by atoms with E-state index in [1.54, 1.807) is 12.1 Å². The molecule has 1 unspecified atom stereocenters. The zero-order chi connectivity index (χ0) is 25.4. The second-order valence-electron chi connectivity index (χ2n) is 9.84. The van der Waals surface area contributed by atoms with Crippen molar-refractivity contribution in [2.45, 2.75) is 47.5 Å². The smallest absolute Gasteiger partial charge is 0.0771 e. The number of hydrogen-bond acceptors (Lipinski definition) is 0. The van der Waals surface area contributed by atoms with E-state index in [-0.39, 0.29) is 30.6 Å². The van der Waals surface area contributed by atoms with E-state index in [9.17, 15) is 4.39 Å². The molecule has 0 saturated heterocycles. The van der Waals surface area contributed by atoms with E-state index >= 15 is 0 Å². The Balaban J connectivity index is 0.000000275. The topological polar surface area (TPSA) is 0 Å². The molecule has 0 bridgehead atoms. The Morgan fingerprint density at radius 3 is 1.78 bits per heavy atom. The maximum absolute atomic E-state index is 12.2. The molecule has 4 heteroatoms. The van der Waals surface area contributed by atoms with Gasteiger partial charge in [-0.2, -0.15) is 11.6 Å². The predicted molar refractivity (Wildman–Crippen MR) is 147 cm³/mol. The van der Waals surface area contributed by atoms with Crippen LogP contribution in [0, 0.1) is 23.2 Å². The monoisotopic (exact) mass is 610 g/mol. The van der Waals surface area contributed by atoms with E-state index in [0.29, 0.717) is 11.3 Å². The van der Waals surface area contributed by atoms with Crippen LogP contribution in [-0.4, -0.2) is 3.71 Å². The maximum atomic E-state index is 12.2. The van der Waals surface area contributed by atoms with Gasteiger partial charge in [-0.05, 0) is 0 Å². The van der Waals surface area contributed by atoms with Gasteiger partial charge in [0.05, 0.1) is 0 Å². The maximum Gasteiger partial charge on any atom is -0.0771 e. The first-order chi connectivity index (χ1) is 16.8. The summed E-state index contributed by atoms with van der Waals surface area (Å²) in [5, 5.41) is 5.39. The van der Waals surface area contributed by atoms with Gasteiger partial charge in [-0.25, -0.2) is 5.57 Å². The molecular weight excluding hydrogens is 577 g/mol. The SMILES string of the molecule is CCC1=[C-]C(CC)C=C1C(C)(C)C.Fc1ccc([CH]=[Zr+2])cc1.[Cl-].[Cl-].c1ccc2c(c1)[cH-]c1ccccc12. The van der Waals surface area contributed by atoms with Crippen molar-refractivity contribution in [3.8, 4) is 0 Å². The zero-order valence-corrected chi connectivity index (χ0v) is 26.3. The van der Waals surface area contributed by atoms with Crippen LogP contribution >= 0.6 is 0 Å². The fourth-order valence-electron chi connectivity index (χ4n) is 4.32. The molecular formula is C33H35Cl2FZr-2. The van der Waals surface area contributed by atoms with Crippen molar-refractivity contribution in [3.05, 3.63) is 114 Å². The predicted octanol–water partition coefficient (Wildman–Crippen LogP) is 3.38. The van der Waals surface area contributed by atoms with Gasteiger partial charge in [-0.3, -0.25) is 6.08 Å². The first-order valence-electron chi connectivity index (χ1n) is 12.4. The van der Waals surface area contributed by atoms with Gasteiger partial charge in [-0.1, -0.05) is 95.2 Å². The standard InChI is InChI=1S/C13H9.C13H21.C7H5F.2ClH.Zr/c1-3-7-12-10(5-1)9-11-6-2-4-8-13(11)12;1-6-10-8-11(7-2)12(9-10)13(3,4)5;1-6-2-4-7(8)5-3-6;;;/h1-9H;9-10H,6-7H2,1-5H3;1-5H;2*1H;/q2*-1;;;;+2/p-2. The van der Waals surface area contributed by atoms with Gasteiger partial charge in [-0.15, -0.1) is 39.7 Å². The van der Waals surface area contributed by atoms with Crippen molar-refractivity contribution in [3.63, 3.8) is 0 Å². The van der Waals surface area contributed by atoms with Gasteiger partial charge in [0.25, 0.3) is 0 Å². The average Bonchev–Trinajstić information content (AvgIpc) is 3.47. The summed E-state index contributed by atoms with van der Waals surface area (Å²) in [6, 6.07) is 25.7. The van der Waals surface area contributed by atoms with E-state index in [1.807, 2.05) is 3.71 Å². The summed E-state index contributed by atoms with van der Waals surface area (Å²) in [4.78, 5) is 0. The molecule has 0 saturated carbocycles. The molecule has 37 heavy (non-hydrogen) atoms. The summed E-state index contributed by atoms with van der Waals surface area (Å²) in [5.41, 5.74) is 4.35. The van der Waals surface area contributed by atoms with Crippen LogP contribution in [0.1, 0.15) is 53.0 Å². The van der Waals surface area contributed by atoms with Gasteiger partial charge in [0.15, 0.2) is 0 Å². The minimum absolute atomic E-state index is 0. The fourth-order valence-corrected chi connectivity index (χ4v) is 4.80. The summed E-state index contributed by atoms with van der Waals surface area (Å²) in [6.07, 6.45) is 8.28. The van der Waals surface area contributed by atoms with Crippen molar-refractivity contribution < 1.29 is 53.4 Å². The number of rotatable bonds is 3. The molecule has 1 aliphatic rings. The molecule has 0 radical (unpaired) electrons. The molecule has 5 rings (SSSR count). The van der Waals surface area contributed by atoms with Gasteiger partial charge < -0.3 is 24.8 Å². The van der Waals surface area contributed by atoms with Gasteiger partial charge in [0.1, 0.15) is 0 Å². The molecule has 0 fully saturated rings. The summed E-state index contributed by atoms with van der Waals surface area (Å²) < 4.78 is 14.2. The van der Waals surface area contributed by atoms with Crippen LogP contribution in [0.3, 0.4) is 0 Å². The molecule has 1 atom stereocenters. The quantitative estimate of drug-likeness (QED) is 0.312. The zero-order valence-electron chi connectivity index (χ0n) is 22.3. The third kappa shape index (κ3) is 9.21. The Bertz CT molecular complexity index is 1270. The fraction of sp³-hybridized carbons (Fsp3) is 0.273. The first-order valence-corrected chi connectivity index (χ1v) is 13.8. The van der Waals surface area contributed by atoms with Crippen molar-refractivity contribution in [2.75, 3.05) is 0 Å². The molecule has 4 aromatic carbocycles. The Morgan fingerprint density at radius 1 is 0.865 bits per heavy atom. The van der Waals surface area contributed by atoms with Gasteiger partial charge in [0.2, 0.25) is 0 Å². The van der Waals surface area contributed by atoms with Crippen LogP contribution in [0.2, 0.25) is 0 Å². The van der Waals surface area contributed by atoms with Gasteiger partial charge in [0, 0.05) is 0 Å². The van der Waals surface area contributed by atoms with Crippen molar-refractivity contribution in [2.24, 2.45) is 11.3 Å². The first kappa shape index (κ1) is 33.3. The van der Waals surface area contributed by atoms with Crippen LogP contribution in [0.4, 0.5) is 4.39 Å². The number of halogens is 3. The van der Waals surface area contributed by atoms with Crippen LogP contribution in [0.5, 0.6) is 0 Å². The summed E-state index contributed by atoms with van der Waals surface area (Å²) in [5.74, 6) is 0.403. The second kappa shape index (κ2) is 15.6. The van der Waals surface area contributed by atoms with Crippen LogP contribution in [0.25, 0.3) is 21.5 Å². The molecule has 4 aromatic rings. The molecule has 1 aliphatic carbocycles. The largest absolute Gasteiger partial charge is 1.00 e. The van der Waals surface area contributed by atoms with E-state index in [2.05, 4.69) is 101 Å². The van der Waals surface area contributed by atoms with E-state index in [1.165, 1.54) is 75.5 Å². The number of fused-ring (bicyclic) bond motifs is 3. The molecule has 0 aromatic heterocycles. The molecule has 0 N–H and O–H groups in total. The molecule has 194 valence electrons. The summed E-state index contributed by atoms with van der Waals surface area (Å²) in [7, 11) is 0. The summed E-state index contributed by atoms with van der Waals surface area (Å²) >= 11 is 1.34. The van der Waals surface area contributed by atoms with Crippen LogP contribution < -0.4 is 24.8 Å². The van der Waals surface area contributed by atoms with Crippen molar-refractivity contribution in [1.82, 2.24) is 0 Å². The Hall–Kier alpha value is -1.73. The third-order valence-corrected chi connectivity index (χ3v) is 7.03. The minimum atomic E-state index is -0.170. The van der Waals surface area contributed by atoms with E-state index in [0.717, 1.165) is 12.0 Å². The minimum Gasteiger partial charge on any atom is -1.00 e. The Labute approximate surface area is 249 Å². The van der Waals surface area contributed by atoms with Crippen LogP contribution in [-0.2, 0) is 24.2 Å². The van der Waals surface area contributed by atoms with Crippen LogP contribution in [0.15, 0.2) is 96.1 Å². The second-order valence-corrected chi connectivity index (χ2v) is 10.5. The average molecular weight is 613 g/mol. The molecule has 0 heterocycles. The molecule has 0 amide bonds. The van der Waals surface area contributed by atoms with E-state index < -0.39 is 0 Å². The number of benzene rings is 3. The normalized spacial score (nSPS) is 14.2. The third-order valence-electron chi connectivity index (χ3n) is 6.21. The molecule has 0 spiro atoms.